The summed E-state index contributed by atoms with van der Waals surface area (Å²) in [6.45, 7) is 1.93. The van der Waals surface area contributed by atoms with E-state index in [1.807, 2.05) is 31.2 Å². The molecule has 0 amide bonds. The molecule has 3 rings (SSSR count). The zero-order valence-corrected chi connectivity index (χ0v) is 13.0. The van der Waals surface area contributed by atoms with Gasteiger partial charge in [0.25, 0.3) is 0 Å². The van der Waals surface area contributed by atoms with Gasteiger partial charge in [-0.15, -0.1) is 0 Å². The van der Waals surface area contributed by atoms with Crippen LogP contribution in [0.15, 0.2) is 46.0 Å². The Hall–Kier alpha value is -2.34. The number of carbonyl (C=O) groups excluding carboxylic acids is 1. The van der Waals surface area contributed by atoms with E-state index in [1.165, 1.54) is 25.1 Å². The van der Waals surface area contributed by atoms with Crippen molar-refractivity contribution in [3.8, 4) is 0 Å². The molecule has 2 aromatic heterocycles. The van der Waals surface area contributed by atoms with Crippen LogP contribution < -0.4 is 0 Å². The van der Waals surface area contributed by atoms with Gasteiger partial charge in [-0.1, -0.05) is 23.9 Å². The molecule has 2 heterocycles. The minimum atomic E-state index is -0.470. The van der Waals surface area contributed by atoms with Crippen molar-refractivity contribution in [1.82, 2.24) is 9.97 Å². The van der Waals surface area contributed by atoms with Crippen LogP contribution in [0.3, 0.4) is 0 Å². The van der Waals surface area contributed by atoms with Gasteiger partial charge in [0.1, 0.15) is 5.03 Å². The molecule has 0 fully saturated rings. The second-order valence-corrected chi connectivity index (χ2v) is 5.62. The second kappa shape index (κ2) is 6.19. The van der Waals surface area contributed by atoms with Gasteiger partial charge in [0.05, 0.1) is 30.1 Å². The maximum absolute atomic E-state index is 11.6. The number of rotatable bonds is 4. The molecule has 0 N–H and O–H groups in total. The standard InChI is InChI=1S/C16H14N2O3S/c1-10-15(18-13-6-4-3-5-12(13)17-10)22-9-11-7-8-21-14(11)16(19)20-2/h3-8H,9H2,1-2H3. The van der Waals surface area contributed by atoms with E-state index in [1.54, 1.807) is 6.07 Å². The third-order valence-corrected chi connectivity index (χ3v) is 4.30. The number of nitrogens with zero attached hydrogens (tertiary/aromatic N) is 2. The van der Waals surface area contributed by atoms with Crippen molar-refractivity contribution < 1.29 is 13.9 Å². The molecule has 0 aliphatic heterocycles. The number of furan rings is 1. The number of methoxy groups -OCH3 is 1. The maximum Gasteiger partial charge on any atom is 0.374 e. The Morgan fingerprint density at radius 1 is 1.23 bits per heavy atom. The van der Waals surface area contributed by atoms with E-state index in [2.05, 4.69) is 9.97 Å². The van der Waals surface area contributed by atoms with E-state index < -0.39 is 5.97 Å². The predicted molar refractivity (Wildman–Crippen MR) is 83.9 cm³/mol. The Balaban J connectivity index is 1.84. The van der Waals surface area contributed by atoms with Crippen molar-refractivity contribution in [2.24, 2.45) is 0 Å². The number of ether oxygens (including phenoxy) is 1. The second-order valence-electron chi connectivity index (χ2n) is 4.66. The SMILES string of the molecule is COC(=O)c1occc1CSc1nc2ccccc2nc1C. The van der Waals surface area contributed by atoms with Crippen molar-refractivity contribution in [3.05, 3.63) is 53.6 Å². The summed E-state index contributed by atoms with van der Waals surface area (Å²) in [6.07, 6.45) is 1.49. The fourth-order valence-corrected chi connectivity index (χ4v) is 3.01. The molecular formula is C16H14N2O3S. The van der Waals surface area contributed by atoms with Crippen LogP contribution in [0.1, 0.15) is 21.8 Å². The Bertz CT molecular complexity index is 829. The van der Waals surface area contributed by atoms with E-state index >= 15 is 0 Å². The van der Waals surface area contributed by atoms with Crippen LogP contribution >= 0.6 is 11.8 Å². The fourth-order valence-electron chi connectivity index (χ4n) is 2.08. The molecule has 112 valence electrons. The van der Waals surface area contributed by atoms with Crippen molar-refractivity contribution in [1.29, 1.82) is 0 Å². The van der Waals surface area contributed by atoms with Crippen LogP contribution in [0, 0.1) is 6.92 Å². The highest BCUT2D eigenvalue weighted by Crippen LogP contribution is 2.27. The first-order valence-electron chi connectivity index (χ1n) is 6.70. The lowest BCUT2D eigenvalue weighted by Gasteiger charge is -2.06. The highest BCUT2D eigenvalue weighted by atomic mass is 32.2. The first kappa shape index (κ1) is 14.6. The first-order valence-corrected chi connectivity index (χ1v) is 7.68. The first-order chi connectivity index (χ1) is 10.7. The number of aromatic nitrogens is 2. The summed E-state index contributed by atoms with van der Waals surface area (Å²) < 4.78 is 9.88. The molecule has 22 heavy (non-hydrogen) atoms. The molecule has 3 aromatic rings. The Kier molecular flexibility index (Phi) is 4.11. The molecule has 0 unspecified atom stereocenters. The number of hydrogen-bond acceptors (Lipinski definition) is 6. The summed E-state index contributed by atoms with van der Waals surface area (Å²) in [7, 11) is 1.33. The molecule has 0 saturated carbocycles. The van der Waals surface area contributed by atoms with Crippen molar-refractivity contribution in [2.45, 2.75) is 17.7 Å². The topological polar surface area (TPSA) is 65.2 Å². The van der Waals surface area contributed by atoms with Crippen LogP contribution in [0.4, 0.5) is 0 Å². The van der Waals surface area contributed by atoms with E-state index in [-0.39, 0.29) is 5.76 Å². The van der Waals surface area contributed by atoms with Gasteiger partial charge >= 0.3 is 5.97 Å². The summed E-state index contributed by atoms with van der Waals surface area (Å²) in [4.78, 5) is 20.8. The van der Waals surface area contributed by atoms with Crippen LogP contribution in [0.5, 0.6) is 0 Å². The van der Waals surface area contributed by atoms with Crippen molar-refractivity contribution in [3.63, 3.8) is 0 Å². The smallest absolute Gasteiger partial charge is 0.374 e. The number of para-hydroxylation sites is 2. The molecule has 0 saturated heterocycles. The van der Waals surface area contributed by atoms with Gasteiger partial charge in [-0.3, -0.25) is 0 Å². The monoisotopic (exact) mass is 314 g/mol. The lowest BCUT2D eigenvalue weighted by atomic mass is 10.3. The summed E-state index contributed by atoms with van der Waals surface area (Å²) in [5.41, 5.74) is 3.39. The third-order valence-electron chi connectivity index (χ3n) is 3.18. The van der Waals surface area contributed by atoms with Crippen LogP contribution in [-0.2, 0) is 10.5 Å². The van der Waals surface area contributed by atoms with Gasteiger partial charge in [-0.25, -0.2) is 14.8 Å². The van der Waals surface area contributed by atoms with Gasteiger partial charge in [-0.05, 0) is 25.1 Å². The summed E-state index contributed by atoms with van der Waals surface area (Å²) >= 11 is 1.52. The number of esters is 1. The normalized spacial score (nSPS) is 10.8. The molecule has 0 spiro atoms. The molecule has 0 aliphatic carbocycles. The molecular weight excluding hydrogens is 300 g/mol. The predicted octanol–water partition coefficient (Wildman–Crippen LogP) is 3.61. The number of benzene rings is 1. The quantitative estimate of drug-likeness (QED) is 0.541. The Labute approximate surface area is 131 Å². The highest BCUT2D eigenvalue weighted by Gasteiger charge is 2.16. The van der Waals surface area contributed by atoms with Gasteiger partial charge in [-0.2, -0.15) is 0 Å². The van der Waals surface area contributed by atoms with Crippen LogP contribution in [-0.4, -0.2) is 23.0 Å². The molecule has 0 bridgehead atoms. The van der Waals surface area contributed by atoms with E-state index in [0.717, 1.165) is 27.3 Å². The lowest BCUT2D eigenvalue weighted by molar-refractivity contribution is 0.0564. The zero-order chi connectivity index (χ0) is 15.5. The fraction of sp³-hybridized carbons (Fsp3) is 0.188. The summed E-state index contributed by atoms with van der Waals surface area (Å²) in [6, 6.07) is 9.52. The molecule has 6 heteroatoms. The summed E-state index contributed by atoms with van der Waals surface area (Å²) in [5, 5.41) is 0.843. The average molecular weight is 314 g/mol. The van der Waals surface area contributed by atoms with Gasteiger partial charge in [0.15, 0.2) is 0 Å². The van der Waals surface area contributed by atoms with Gasteiger partial charge in [0.2, 0.25) is 5.76 Å². The van der Waals surface area contributed by atoms with Crippen LogP contribution in [0.2, 0.25) is 0 Å². The molecule has 5 nitrogen and oxygen atoms in total. The van der Waals surface area contributed by atoms with E-state index in [4.69, 9.17) is 9.15 Å². The number of thioether (sulfide) groups is 1. The van der Waals surface area contributed by atoms with Crippen molar-refractivity contribution in [2.75, 3.05) is 7.11 Å². The Morgan fingerprint density at radius 2 is 1.95 bits per heavy atom. The van der Waals surface area contributed by atoms with E-state index in [0.29, 0.717) is 5.75 Å². The minimum absolute atomic E-state index is 0.237. The van der Waals surface area contributed by atoms with E-state index in [9.17, 15) is 4.79 Å². The van der Waals surface area contributed by atoms with Crippen molar-refractivity contribution >= 4 is 28.8 Å². The summed E-state index contributed by atoms with van der Waals surface area (Å²) in [5.74, 6) is 0.331. The number of aryl methyl sites for hydroxylation is 1. The van der Waals surface area contributed by atoms with Crippen LogP contribution in [0.25, 0.3) is 11.0 Å². The Morgan fingerprint density at radius 3 is 2.68 bits per heavy atom. The maximum atomic E-state index is 11.6. The molecule has 0 aliphatic rings. The molecule has 1 aromatic carbocycles. The van der Waals surface area contributed by atoms with Gasteiger partial charge < -0.3 is 9.15 Å². The molecule has 0 radical (unpaired) electrons. The largest absolute Gasteiger partial charge is 0.463 e. The minimum Gasteiger partial charge on any atom is -0.463 e. The number of hydrogen-bond donors (Lipinski definition) is 0. The molecule has 0 atom stereocenters. The van der Waals surface area contributed by atoms with Gasteiger partial charge in [0, 0.05) is 11.3 Å². The number of fused-ring (bicyclic) bond motifs is 1. The highest BCUT2D eigenvalue weighted by molar-refractivity contribution is 7.98. The lowest BCUT2D eigenvalue weighted by Crippen LogP contribution is -2.02. The average Bonchev–Trinajstić information content (AvgIpc) is 3.00. The zero-order valence-electron chi connectivity index (χ0n) is 12.2. The third kappa shape index (κ3) is 2.82. The number of carbonyl (C=O) groups is 1.